The smallest absolute Gasteiger partial charge is 0.119 e. The Morgan fingerprint density at radius 2 is 2.07 bits per heavy atom. The summed E-state index contributed by atoms with van der Waals surface area (Å²) in [4.78, 5) is 0. The molecule has 0 radical (unpaired) electrons. The van der Waals surface area contributed by atoms with Gasteiger partial charge in [0.2, 0.25) is 0 Å². The van der Waals surface area contributed by atoms with Crippen LogP contribution in [0.25, 0.3) is 0 Å². The average Bonchev–Trinajstić information content (AvgIpc) is 2.93. The fourth-order valence-corrected chi connectivity index (χ4v) is 6.66. The number of rotatable bonds is 4. The second kappa shape index (κ2) is 7.14. The van der Waals surface area contributed by atoms with Crippen molar-refractivity contribution >= 4 is 5.71 Å². The Kier molecular flexibility index (Phi) is 4.98. The van der Waals surface area contributed by atoms with E-state index in [1.807, 2.05) is 5.01 Å². The maximum absolute atomic E-state index is 5.47. The van der Waals surface area contributed by atoms with Crippen LogP contribution in [-0.4, -0.2) is 31.9 Å². The van der Waals surface area contributed by atoms with Crippen LogP contribution in [0.15, 0.2) is 23.3 Å². The van der Waals surface area contributed by atoms with Gasteiger partial charge in [-0.05, 0) is 85.5 Å². The Bertz CT molecular complexity index is 725. The Balaban J connectivity index is 1.68. The molecule has 0 bridgehead atoms. The van der Waals surface area contributed by atoms with Gasteiger partial charge in [-0.3, -0.25) is 0 Å². The number of nitrogens with zero attached hydrogens (tertiary/aromatic N) is 2. The van der Waals surface area contributed by atoms with Gasteiger partial charge >= 0.3 is 0 Å². The number of hydrogen-bond donors (Lipinski definition) is 0. The molecule has 148 valence electrons. The van der Waals surface area contributed by atoms with E-state index >= 15 is 0 Å². The van der Waals surface area contributed by atoms with E-state index in [-0.39, 0.29) is 0 Å². The highest BCUT2D eigenvalue weighted by Gasteiger charge is 2.56. The first kappa shape index (κ1) is 18.8. The van der Waals surface area contributed by atoms with Gasteiger partial charge in [0, 0.05) is 25.2 Å². The molecule has 2 fully saturated rings. The number of methoxy groups -OCH3 is 1. The molecular weight excluding hydrogens is 332 g/mol. The number of fused-ring (bicyclic) bond motifs is 5. The third kappa shape index (κ3) is 3.07. The molecule has 0 unspecified atom stereocenters. The van der Waals surface area contributed by atoms with E-state index in [0.29, 0.717) is 11.3 Å². The van der Waals surface area contributed by atoms with Crippen molar-refractivity contribution in [3.8, 4) is 5.75 Å². The van der Waals surface area contributed by atoms with Crippen LogP contribution in [-0.2, 0) is 6.42 Å². The summed E-state index contributed by atoms with van der Waals surface area (Å²) in [5.41, 5.74) is 4.96. The molecule has 3 aliphatic carbocycles. The van der Waals surface area contributed by atoms with Gasteiger partial charge in [0.1, 0.15) is 5.75 Å². The molecule has 1 aromatic carbocycles. The summed E-state index contributed by atoms with van der Waals surface area (Å²) in [6.07, 6.45) is 9.04. The van der Waals surface area contributed by atoms with E-state index in [0.717, 1.165) is 23.5 Å². The molecule has 0 N–H and O–H groups in total. The summed E-state index contributed by atoms with van der Waals surface area (Å²) >= 11 is 0. The Labute approximate surface area is 165 Å². The largest absolute Gasteiger partial charge is 0.497 e. The van der Waals surface area contributed by atoms with Gasteiger partial charge in [0.05, 0.1) is 7.11 Å². The molecule has 0 aliphatic heterocycles. The molecule has 4 rings (SSSR count). The van der Waals surface area contributed by atoms with Gasteiger partial charge in [0.25, 0.3) is 0 Å². The Morgan fingerprint density at radius 3 is 2.78 bits per heavy atom. The molecule has 0 amide bonds. The van der Waals surface area contributed by atoms with E-state index in [9.17, 15) is 0 Å². The molecule has 5 atom stereocenters. The first-order chi connectivity index (χ1) is 13.0. The molecule has 3 heteroatoms. The van der Waals surface area contributed by atoms with Crippen molar-refractivity contribution < 1.29 is 4.74 Å². The van der Waals surface area contributed by atoms with Gasteiger partial charge in [-0.1, -0.05) is 26.3 Å². The minimum absolute atomic E-state index is 0.301. The predicted octanol–water partition coefficient (Wildman–Crippen LogP) is 5.50. The summed E-state index contributed by atoms with van der Waals surface area (Å²) in [5.74, 6) is 4.04. The van der Waals surface area contributed by atoms with Crippen molar-refractivity contribution in [2.24, 2.45) is 28.3 Å². The minimum atomic E-state index is 0.301. The van der Waals surface area contributed by atoms with Crippen LogP contribution in [0, 0.1) is 23.2 Å². The third-order valence-corrected chi connectivity index (χ3v) is 7.78. The lowest BCUT2D eigenvalue weighted by Crippen LogP contribution is -2.43. The monoisotopic (exact) mass is 368 g/mol. The highest BCUT2D eigenvalue weighted by molar-refractivity contribution is 5.94. The highest BCUT2D eigenvalue weighted by Crippen LogP contribution is 2.61. The first-order valence-electron chi connectivity index (χ1n) is 10.9. The van der Waals surface area contributed by atoms with Crippen LogP contribution in [0.5, 0.6) is 5.75 Å². The van der Waals surface area contributed by atoms with Gasteiger partial charge < -0.3 is 9.75 Å². The lowest BCUT2D eigenvalue weighted by molar-refractivity contribution is 0.0921. The lowest BCUT2D eigenvalue weighted by atomic mass is 9.55. The molecule has 0 spiro atoms. The highest BCUT2D eigenvalue weighted by atomic mass is 16.5. The van der Waals surface area contributed by atoms with Crippen molar-refractivity contribution in [2.75, 3.05) is 21.2 Å². The average molecular weight is 369 g/mol. The van der Waals surface area contributed by atoms with Crippen LogP contribution >= 0.6 is 0 Å². The molecule has 2 saturated carbocycles. The van der Waals surface area contributed by atoms with E-state index in [1.165, 1.54) is 56.2 Å². The van der Waals surface area contributed by atoms with Crippen LogP contribution in [0.1, 0.15) is 69.4 Å². The second-order valence-electron chi connectivity index (χ2n) is 9.49. The Morgan fingerprint density at radius 1 is 1.26 bits per heavy atom. The standard InChI is InChI=1S/C24H36N2O/c1-6-7-17-15-22-21-10-8-16-14-18(27-5)9-11-19(16)20(21)12-13-24(22,2)23(17)25-26(3)4/h9,11,14,17,20-22H,6-8,10,12-13,15H2,1-5H3/t17-,20-,21-,22+,24+/m1/s1. The fraction of sp³-hybridized carbons (Fsp3) is 0.708. The second-order valence-corrected chi connectivity index (χ2v) is 9.49. The fourth-order valence-electron chi connectivity index (χ4n) is 6.66. The van der Waals surface area contributed by atoms with Crippen LogP contribution in [0.2, 0.25) is 0 Å². The molecule has 3 aliphatic rings. The Hall–Kier alpha value is -1.51. The number of hydrogen-bond acceptors (Lipinski definition) is 3. The van der Waals surface area contributed by atoms with Crippen molar-refractivity contribution in [3.63, 3.8) is 0 Å². The normalized spacial score (nSPS) is 36.1. The maximum atomic E-state index is 5.47. The van der Waals surface area contributed by atoms with Crippen LogP contribution in [0.3, 0.4) is 0 Å². The van der Waals surface area contributed by atoms with Crippen molar-refractivity contribution in [2.45, 2.75) is 64.7 Å². The number of aryl methyl sites for hydroxylation is 1. The van der Waals surface area contributed by atoms with Gasteiger partial charge in [-0.15, -0.1) is 0 Å². The molecule has 1 aromatic rings. The lowest BCUT2D eigenvalue weighted by Gasteiger charge is -2.49. The maximum Gasteiger partial charge on any atom is 0.119 e. The zero-order valence-electron chi connectivity index (χ0n) is 17.8. The molecule has 0 saturated heterocycles. The number of ether oxygens (including phenoxy) is 1. The van der Waals surface area contributed by atoms with Crippen LogP contribution in [0.4, 0.5) is 0 Å². The van der Waals surface area contributed by atoms with Gasteiger partial charge in [-0.25, -0.2) is 0 Å². The minimum Gasteiger partial charge on any atom is -0.497 e. The zero-order valence-corrected chi connectivity index (χ0v) is 17.8. The van der Waals surface area contributed by atoms with Crippen LogP contribution < -0.4 is 4.74 Å². The molecule has 0 heterocycles. The zero-order chi connectivity index (χ0) is 19.2. The molecule has 0 aromatic heterocycles. The van der Waals surface area contributed by atoms with E-state index in [2.05, 4.69) is 46.1 Å². The summed E-state index contributed by atoms with van der Waals surface area (Å²) < 4.78 is 5.47. The molecule has 27 heavy (non-hydrogen) atoms. The number of hydrazone groups is 1. The first-order valence-corrected chi connectivity index (χ1v) is 10.9. The quantitative estimate of drug-likeness (QED) is 0.656. The molecular formula is C24H36N2O. The van der Waals surface area contributed by atoms with E-state index in [4.69, 9.17) is 9.84 Å². The van der Waals surface area contributed by atoms with Crippen molar-refractivity contribution in [1.82, 2.24) is 5.01 Å². The summed E-state index contributed by atoms with van der Waals surface area (Å²) in [6, 6.07) is 6.82. The molecule has 3 nitrogen and oxygen atoms in total. The van der Waals surface area contributed by atoms with Crippen molar-refractivity contribution in [1.29, 1.82) is 0 Å². The summed E-state index contributed by atoms with van der Waals surface area (Å²) in [6.45, 7) is 4.86. The SMILES string of the molecule is CCC[C@@H]1C[C@H]2[C@@H]3CCc4cc(OC)ccc4[C@H]3CC[C@]2(C)C1=NN(C)C. The van der Waals surface area contributed by atoms with Gasteiger partial charge in [-0.2, -0.15) is 5.10 Å². The van der Waals surface area contributed by atoms with E-state index < -0.39 is 0 Å². The van der Waals surface area contributed by atoms with Gasteiger partial charge in [0.15, 0.2) is 0 Å². The van der Waals surface area contributed by atoms with Crippen molar-refractivity contribution in [3.05, 3.63) is 29.3 Å². The number of benzene rings is 1. The third-order valence-electron chi connectivity index (χ3n) is 7.78. The van der Waals surface area contributed by atoms with E-state index in [1.54, 1.807) is 12.7 Å². The topological polar surface area (TPSA) is 24.8 Å². The summed E-state index contributed by atoms with van der Waals surface area (Å²) in [7, 11) is 5.95. The summed E-state index contributed by atoms with van der Waals surface area (Å²) in [5, 5.41) is 7.11. The predicted molar refractivity (Wildman–Crippen MR) is 113 cm³/mol.